The molecule has 1 aromatic heterocycles. The lowest BCUT2D eigenvalue weighted by molar-refractivity contribution is 0.726. The van der Waals surface area contributed by atoms with Gasteiger partial charge in [0.1, 0.15) is 0 Å². The van der Waals surface area contributed by atoms with Gasteiger partial charge in [0.25, 0.3) is 0 Å². The van der Waals surface area contributed by atoms with E-state index < -0.39 is 0 Å². The highest BCUT2D eigenvalue weighted by Crippen LogP contribution is 2.18. The van der Waals surface area contributed by atoms with Crippen LogP contribution in [-0.2, 0) is 13.5 Å². The van der Waals surface area contributed by atoms with Gasteiger partial charge in [0.2, 0.25) is 0 Å². The molecule has 2 heteroatoms. The first-order valence-corrected chi connectivity index (χ1v) is 4.69. The van der Waals surface area contributed by atoms with E-state index >= 15 is 0 Å². The Morgan fingerprint density at radius 1 is 1.46 bits per heavy atom. The van der Waals surface area contributed by atoms with Crippen molar-refractivity contribution in [2.45, 2.75) is 19.8 Å². The molecular formula is C11H14N2. The van der Waals surface area contributed by atoms with E-state index in [2.05, 4.69) is 30.3 Å². The molecule has 0 aliphatic heterocycles. The van der Waals surface area contributed by atoms with E-state index in [0.717, 1.165) is 12.8 Å². The first kappa shape index (κ1) is 8.30. The Morgan fingerprint density at radius 2 is 2.31 bits per heavy atom. The minimum atomic E-state index is 1.00. The van der Waals surface area contributed by atoms with Crippen molar-refractivity contribution in [3.63, 3.8) is 0 Å². The van der Waals surface area contributed by atoms with E-state index in [1.807, 2.05) is 17.9 Å². The van der Waals surface area contributed by atoms with E-state index in [1.165, 1.54) is 16.8 Å². The van der Waals surface area contributed by atoms with Crippen LogP contribution >= 0.6 is 0 Å². The lowest BCUT2D eigenvalue weighted by Crippen LogP contribution is -1.97. The minimum Gasteiger partial charge on any atom is -0.272 e. The summed E-state index contributed by atoms with van der Waals surface area (Å²) in [6.07, 6.45) is 10.7. The molecule has 1 aliphatic rings. The molecule has 1 heterocycles. The summed E-state index contributed by atoms with van der Waals surface area (Å²) in [7, 11) is 2.00. The van der Waals surface area contributed by atoms with Crippen molar-refractivity contribution >= 4 is 6.08 Å². The zero-order valence-electron chi connectivity index (χ0n) is 8.12. The average molecular weight is 174 g/mol. The third-order valence-electron chi connectivity index (χ3n) is 2.54. The van der Waals surface area contributed by atoms with E-state index in [4.69, 9.17) is 0 Å². The SMILES string of the molecule is CCC1=CCc2c(cnn2C)C=C1. The predicted molar refractivity (Wildman–Crippen MR) is 54.3 cm³/mol. The van der Waals surface area contributed by atoms with Gasteiger partial charge in [0.15, 0.2) is 0 Å². The van der Waals surface area contributed by atoms with Gasteiger partial charge in [-0.25, -0.2) is 0 Å². The van der Waals surface area contributed by atoms with Crippen LogP contribution in [-0.4, -0.2) is 9.78 Å². The van der Waals surface area contributed by atoms with Gasteiger partial charge in [0, 0.05) is 24.7 Å². The lowest BCUT2D eigenvalue weighted by Gasteiger charge is -1.98. The predicted octanol–water partition coefficient (Wildman–Crippen LogP) is 2.33. The van der Waals surface area contributed by atoms with Crippen molar-refractivity contribution in [3.05, 3.63) is 35.2 Å². The Kier molecular flexibility index (Phi) is 2.05. The van der Waals surface area contributed by atoms with E-state index in [0.29, 0.717) is 0 Å². The smallest absolute Gasteiger partial charge is 0.0565 e. The van der Waals surface area contributed by atoms with E-state index in [-0.39, 0.29) is 0 Å². The number of aryl methyl sites for hydroxylation is 1. The van der Waals surface area contributed by atoms with Gasteiger partial charge in [-0.15, -0.1) is 0 Å². The summed E-state index contributed by atoms with van der Waals surface area (Å²) in [4.78, 5) is 0. The summed E-state index contributed by atoms with van der Waals surface area (Å²) in [6, 6.07) is 0. The molecule has 0 unspecified atom stereocenters. The maximum Gasteiger partial charge on any atom is 0.0565 e. The van der Waals surface area contributed by atoms with Crippen LogP contribution < -0.4 is 0 Å². The van der Waals surface area contributed by atoms with Crippen LogP contribution in [0.15, 0.2) is 23.9 Å². The summed E-state index contributed by atoms with van der Waals surface area (Å²) < 4.78 is 1.95. The number of hydrogen-bond donors (Lipinski definition) is 0. The highest BCUT2D eigenvalue weighted by molar-refractivity contribution is 5.56. The van der Waals surface area contributed by atoms with Gasteiger partial charge in [-0.1, -0.05) is 30.7 Å². The van der Waals surface area contributed by atoms with Crippen LogP contribution in [0.3, 0.4) is 0 Å². The molecule has 68 valence electrons. The van der Waals surface area contributed by atoms with Crippen LogP contribution in [0.1, 0.15) is 24.6 Å². The Bertz CT molecular complexity index is 369. The molecule has 0 atom stereocenters. The summed E-state index contributed by atoms with van der Waals surface area (Å²) in [5.74, 6) is 0. The van der Waals surface area contributed by atoms with Gasteiger partial charge < -0.3 is 0 Å². The highest BCUT2D eigenvalue weighted by Gasteiger charge is 2.07. The number of allylic oxidation sites excluding steroid dienone is 3. The van der Waals surface area contributed by atoms with Crippen LogP contribution in [0.2, 0.25) is 0 Å². The molecule has 13 heavy (non-hydrogen) atoms. The zero-order valence-corrected chi connectivity index (χ0v) is 8.12. The highest BCUT2D eigenvalue weighted by atomic mass is 15.3. The van der Waals surface area contributed by atoms with E-state index in [9.17, 15) is 0 Å². The maximum absolute atomic E-state index is 4.23. The maximum atomic E-state index is 4.23. The summed E-state index contributed by atoms with van der Waals surface area (Å²) >= 11 is 0. The first-order chi connectivity index (χ1) is 6.31. The molecule has 0 aromatic carbocycles. The molecule has 0 saturated carbocycles. The van der Waals surface area contributed by atoms with Crippen molar-refractivity contribution in [2.75, 3.05) is 0 Å². The number of rotatable bonds is 1. The van der Waals surface area contributed by atoms with Gasteiger partial charge in [-0.2, -0.15) is 5.10 Å². The van der Waals surface area contributed by atoms with Crippen molar-refractivity contribution in [1.82, 2.24) is 9.78 Å². The summed E-state index contributed by atoms with van der Waals surface area (Å²) in [6.45, 7) is 2.18. The van der Waals surface area contributed by atoms with Gasteiger partial charge in [-0.3, -0.25) is 4.68 Å². The number of hydrogen-bond acceptors (Lipinski definition) is 1. The third kappa shape index (κ3) is 1.44. The number of aromatic nitrogens is 2. The lowest BCUT2D eigenvalue weighted by atomic mass is 10.2. The van der Waals surface area contributed by atoms with Crippen LogP contribution in [0.25, 0.3) is 6.08 Å². The number of fused-ring (bicyclic) bond motifs is 1. The molecule has 0 fully saturated rings. The van der Waals surface area contributed by atoms with Gasteiger partial charge in [0.05, 0.1) is 6.20 Å². The van der Waals surface area contributed by atoms with Crippen LogP contribution in [0, 0.1) is 0 Å². The zero-order chi connectivity index (χ0) is 9.26. The fourth-order valence-electron chi connectivity index (χ4n) is 1.62. The van der Waals surface area contributed by atoms with Crippen LogP contribution in [0.4, 0.5) is 0 Å². The van der Waals surface area contributed by atoms with Crippen molar-refractivity contribution < 1.29 is 0 Å². The number of nitrogens with zero attached hydrogens (tertiary/aromatic N) is 2. The molecular weight excluding hydrogens is 160 g/mol. The standard InChI is InChI=1S/C11H14N2/c1-3-9-4-6-10-8-12-13(2)11(10)7-5-9/h4-6,8H,3,7H2,1-2H3. The molecule has 2 nitrogen and oxygen atoms in total. The third-order valence-corrected chi connectivity index (χ3v) is 2.54. The molecule has 1 aliphatic carbocycles. The monoisotopic (exact) mass is 174 g/mol. The van der Waals surface area contributed by atoms with Gasteiger partial charge in [-0.05, 0) is 6.42 Å². The fraction of sp³-hybridized carbons (Fsp3) is 0.364. The molecule has 0 spiro atoms. The molecule has 0 radical (unpaired) electrons. The topological polar surface area (TPSA) is 17.8 Å². The summed E-state index contributed by atoms with van der Waals surface area (Å²) in [5, 5.41) is 4.23. The molecule has 0 bridgehead atoms. The Hall–Kier alpha value is -1.31. The first-order valence-electron chi connectivity index (χ1n) is 4.69. The molecule has 0 amide bonds. The molecule has 2 rings (SSSR count). The second-order valence-electron chi connectivity index (χ2n) is 3.34. The fourth-order valence-corrected chi connectivity index (χ4v) is 1.62. The molecule has 1 aromatic rings. The average Bonchev–Trinajstić information content (AvgIpc) is 2.38. The van der Waals surface area contributed by atoms with Crippen LogP contribution in [0.5, 0.6) is 0 Å². The largest absolute Gasteiger partial charge is 0.272 e. The molecule has 0 saturated heterocycles. The van der Waals surface area contributed by atoms with Crippen molar-refractivity contribution in [3.8, 4) is 0 Å². The normalized spacial score (nSPS) is 15.1. The second-order valence-corrected chi connectivity index (χ2v) is 3.34. The minimum absolute atomic E-state index is 1.00. The second kappa shape index (κ2) is 3.21. The van der Waals surface area contributed by atoms with Gasteiger partial charge >= 0.3 is 0 Å². The Morgan fingerprint density at radius 3 is 3.08 bits per heavy atom. The Balaban J connectivity index is 2.40. The van der Waals surface area contributed by atoms with Crippen molar-refractivity contribution in [2.24, 2.45) is 7.05 Å². The summed E-state index contributed by atoms with van der Waals surface area (Å²) in [5.41, 5.74) is 3.97. The molecule has 0 N–H and O–H groups in total. The van der Waals surface area contributed by atoms with E-state index in [1.54, 1.807) is 0 Å². The quantitative estimate of drug-likeness (QED) is 0.639. The Labute approximate surface area is 78.6 Å². The van der Waals surface area contributed by atoms with Crippen molar-refractivity contribution in [1.29, 1.82) is 0 Å².